The smallest absolute Gasteiger partial charge is 0.245 e. The highest BCUT2D eigenvalue weighted by Crippen LogP contribution is 2.29. The van der Waals surface area contributed by atoms with Gasteiger partial charge in [-0.1, -0.05) is 42.5 Å². The van der Waals surface area contributed by atoms with Crippen LogP contribution >= 0.6 is 0 Å². The normalized spacial score (nSPS) is 17.9. The van der Waals surface area contributed by atoms with Gasteiger partial charge < -0.3 is 20.4 Å². The predicted octanol–water partition coefficient (Wildman–Crippen LogP) is 1.56. The fraction of sp³-hybridized carbons (Fsp3) is 0.263. The molecule has 2 amide bonds. The van der Waals surface area contributed by atoms with E-state index in [1.165, 1.54) is 6.07 Å². The Balaban J connectivity index is 1.80. The van der Waals surface area contributed by atoms with Crippen molar-refractivity contribution in [2.75, 3.05) is 6.54 Å². The summed E-state index contributed by atoms with van der Waals surface area (Å²) in [6, 6.07) is 13.5. The number of benzene rings is 2. The Kier molecular flexibility index (Phi) is 4.88. The molecule has 0 bridgehead atoms. The van der Waals surface area contributed by atoms with Crippen LogP contribution < -0.4 is 5.32 Å². The second-order valence-corrected chi connectivity index (χ2v) is 6.10. The van der Waals surface area contributed by atoms with Crippen molar-refractivity contribution < 1.29 is 19.8 Å². The number of nitrogens with zero attached hydrogens (tertiary/aromatic N) is 1. The van der Waals surface area contributed by atoms with Gasteiger partial charge in [0.2, 0.25) is 11.8 Å². The van der Waals surface area contributed by atoms with E-state index in [4.69, 9.17) is 0 Å². The van der Waals surface area contributed by atoms with Crippen LogP contribution in [0.25, 0.3) is 0 Å². The lowest BCUT2D eigenvalue weighted by molar-refractivity contribution is -0.134. The zero-order valence-corrected chi connectivity index (χ0v) is 13.7. The molecule has 1 fully saturated rings. The van der Waals surface area contributed by atoms with Crippen molar-refractivity contribution in [1.82, 2.24) is 10.2 Å². The van der Waals surface area contributed by atoms with Crippen LogP contribution in [0.3, 0.4) is 0 Å². The molecule has 1 saturated heterocycles. The third kappa shape index (κ3) is 3.91. The predicted molar refractivity (Wildman–Crippen MR) is 91.9 cm³/mol. The van der Waals surface area contributed by atoms with Crippen molar-refractivity contribution in [2.45, 2.75) is 25.4 Å². The molecule has 3 rings (SSSR count). The van der Waals surface area contributed by atoms with Gasteiger partial charge in [-0.05, 0) is 11.6 Å². The molecule has 130 valence electrons. The first-order chi connectivity index (χ1) is 12.0. The summed E-state index contributed by atoms with van der Waals surface area (Å²) in [5, 5.41) is 22.4. The quantitative estimate of drug-likeness (QED) is 0.737. The zero-order chi connectivity index (χ0) is 17.8. The van der Waals surface area contributed by atoms with Crippen LogP contribution in [0, 0.1) is 0 Å². The summed E-state index contributed by atoms with van der Waals surface area (Å²) in [5.74, 6) is -0.831. The number of amides is 2. The van der Waals surface area contributed by atoms with Crippen LogP contribution in [0.2, 0.25) is 0 Å². The van der Waals surface area contributed by atoms with Gasteiger partial charge in [0, 0.05) is 31.5 Å². The molecule has 0 unspecified atom stereocenters. The van der Waals surface area contributed by atoms with Crippen LogP contribution in [0.4, 0.5) is 0 Å². The molecule has 0 spiro atoms. The summed E-state index contributed by atoms with van der Waals surface area (Å²) in [6.07, 6.45) is 0.616. The summed E-state index contributed by atoms with van der Waals surface area (Å²) in [7, 11) is 0. The molecule has 6 nitrogen and oxygen atoms in total. The number of hydrogen-bond donors (Lipinski definition) is 3. The Labute approximate surface area is 145 Å². The molecule has 6 heteroatoms. The first kappa shape index (κ1) is 16.8. The van der Waals surface area contributed by atoms with Gasteiger partial charge in [0.1, 0.15) is 6.04 Å². The molecule has 0 aromatic heterocycles. The average Bonchev–Trinajstić information content (AvgIpc) is 2.73. The first-order valence-corrected chi connectivity index (χ1v) is 8.16. The Bertz CT molecular complexity index is 776. The number of phenols is 2. The molecule has 1 aliphatic rings. The average molecular weight is 340 g/mol. The third-order valence-electron chi connectivity index (χ3n) is 4.30. The van der Waals surface area contributed by atoms with Gasteiger partial charge in [-0.3, -0.25) is 9.59 Å². The molecular formula is C19H20N2O4. The molecular weight excluding hydrogens is 320 g/mol. The van der Waals surface area contributed by atoms with E-state index >= 15 is 0 Å². The molecule has 1 atom stereocenters. The highest BCUT2D eigenvalue weighted by Gasteiger charge is 2.30. The lowest BCUT2D eigenvalue weighted by atomic mass is 10.0. The van der Waals surface area contributed by atoms with Crippen molar-refractivity contribution in [2.24, 2.45) is 0 Å². The minimum absolute atomic E-state index is 0.138. The van der Waals surface area contributed by atoms with E-state index in [1.807, 2.05) is 30.3 Å². The molecule has 2 aromatic rings. The van der Waals surface area contributed by atoms with Crippen molar-refractivity contribution in [1.29, 1.82) is 0 Å². The van der Waals surface area contributed by atoms with Crippen LogP contribution in [0.5, 0.6) is 11.5 Å². The fourth-order valence-corrected chi connectivity index (χ4v) is 2.95. The van der Waals surface area contributed by atoms with Crippen LogP contribution in [0.15, 0.2) is 48.5 Å². The van der Waals surface area contributed by atoms with Gasteiger partial charge in [0.15, 0.2) is 11.5 Å². The number of nitrogens with one attached hydrogen (secondary N) is 1. The standard InChI is InChI=1S/C19H20N2O4/c22-16-8-4-7-14(18(16)24)12-21-10-9-17(23)20-15(19(21)25)11-13-5-2-1-3-6-13/h1-8,15,22,24H,9-12H2,(H,20,23)/t15-/m0/s1. The van der Waals surface area contributed by atoms with Crippen LogP contribution in [-0.2, 0) is 22.6 Å². The Hall–Kier alpha value is -3.02. The largest absolute Gasteiger partial charge is 0.504 e. The number of carbonyl (C=O) groups excluding carboxylic acids is 2. The number of rotatable bonds is 4. The zero-order valence-electron chi connectivity index (χ0n) is 13.7. The van der Waals surface area contributed by atoms with Crippen molar-refractivity contribution in [3.05, 3.63) is 59.7 Å². The maximum atomic E-state index is 12.9. The molecule has 0 radical (unpaired) electrons. The van der Waals surface area contributed by atoms with Gasteiger partial charge in [-0.15, -0.1) is 0 Å². The summed E-state index contributed by atoms with van der Waals surface area (Å²) >= 11 is 0. The van der Waals surface area contributed by atoms with E-state index in [1.54, 1.807) is 17.0 Å². The Morgan fingerprint density at radius 3 is 2.56 bits per heavy atom. The number of phenolic OH excluding ortho intramolecular Hbond substituents is 2. The minimum atomic E-state index is -0.642. The van der Waals surface area contributed by atoms with E-state index in [2.05, 4.69) is 5.32 Å². The summed E-state index contributed by atoms with van der Waals surface area (Å²) in [5.41, 5.74) is 1.41. The molecule has 0 aliphatic carbocycles. The monoisotopic (exact) mass is 340 g/mol. The summed E-state index contributed by atoms with van der Waals surface area (Å²) < 4.78 is 0. The second kappa shape index (κ2) is 7.25. The van der Waals surface area contributed by atoms with Crippen molar-refractivity contribution in [3.63, 3.8) is 0 Å². The number of carbonyl (C=O) groups is 2. The van der Waals surface area contributed by atoms with E-state index in [0.717, 1.165) is 5.56 Å². The van der Waals surface area contributed by atoms with Crippen molar-refractivity contribution >= 4 is 11.8 Å². The molecule has 1 heterocycles. The molecule has 2 aromatic carbocycles. The second-order valence-electron chi connectivity index (χ2n) is 6.10. The van der Waals surface area contributed by atoms with Gasteiger partial charge in [0.25, 0.3) is 0 Å². The summed E-state index contributed by atoms with van der Waals surface area (Å²) in [6.45, 7) is 0.407. The lowest BCUT2D eigenvalue weighted by Crippen LogP contribution is -2.45. The molecule has 25 heavy (non-hydrogen) atoms. The Morgan fingerprint density at radius 2 is 1.80 bits per heavy atom. The minimum Gasteiger partial charge on any atom is -0.504 e. The number of aromatic hydroxyl groups is 2. The first-order valence-electron chi connectivity index (χ1n) is 8.16. The van der Waals surface area contributed by atoms with Crippen LogP contribution in [0.1, 0.15) is 17.5 Å². The molecule has 1 aliphatic heterocycles. The van der Waals surface area contributed by atoms with Gasteiger partial charge >= 0.3 is 0 Å². The van der Waals surface area contributed by atoms with Gasteiger partial charge in [-0.25, -0.2) is 0 Å². The highest BCUT2D eigenvalue weighted by atomic mass is 16.3. The maximum Gasteiger partial charge on any atom is 0.245 e. The molecule has 0 saturated carbocycles. The van der Waals surface area contributed by atoms with E-state index in [0.29, 0.717) is 12.0 Å². The van der Waals surface area contributed by atoms with E-state index in [-0.39, 0.29) is 42.8 Å². The summed E-state index contributed by atoms with van der Waals surface area (Å²) in [4.78, 5) is 26.4. The van der Waals surface area contributed by atoms with Gasteiger partial charge in [0.05, 0.1) is 0 Å². The molecule has 3 N–H and O–H groups in total. The van der Waals surface area contributed by atoms with Crippen molar-refractivity contribution in [3.8, 4) is 11.5 Å². The SMILES string of the molecule is O=C1CCN(Cc2cccc(O)c2O)C(=O)[C@H](Cc2ccccc2)N1. The Morgan fingerprint density at radius 1 is 1.04 bits per heavy atom. The van der Waals surface area contributed by atoms with Crippen LogP contribution in [-0.4, -0.2) is 39.5 Å². The number of hydrogen-bond acceptors (Lipinski definition) is 4. The van der Waals surface area contributed by atoms with Gasteiger partial charge in [-0.2, -0.15) is 0 Å². The highest BCUT2D eigenvalue weighted by molar-refractivity contribution is 5.90. The topological polar surface area (TPSA) is 89.9 Å². The lowest BCUT2D eigenvalue weighted by Gasteiger charge is -2.24. The van der Waals surface area contributed by atoms with E-state index < -0.39 is 6.04 Å². The number of para-hydroxylation sites is 1. The fourth-order valence-electron chi connectivity index (χ4n) is 2.95. The van der Waals surface area contributed by atoms with E-state index in [9.17, 15) is 19.8 Å². The third-order valence-corrected chi connectivity index (χ3v) is 4.30. The maximum absolute atomic E-state index is 12.9.